The monoisotopic (exact) mass is 223 g/mol. The van der Waals surface area contributed by atoms with Gasteiger partial charge in [-0.25, -0.2) is 0 Å². The van der Waals surface area contributed by atoms with Crippen LogP contribution in [0.1, 0.15) is 20.8 Å². The highest BCUT2D eigenvalue weighted by Gasteiger charge is 2.36. The fourth-order valence-electron chi connectivity index (χ4n) is 0.792. The summed E-state index contributed by atoms with van der Waals surface area (Å²) in [6, 6.07) is 0. The van der Waals surface area contributed by atoms with E-state index in [0.717, 1.165) is 0 Å². The Labute approximate surface area is 87.0 Å². The average Bonchev–Trinajstić information content (AvgIpc) is 1.99. The number of allylic oxidation sites excluding steroid dienone is 2. The lowest BCUT2D eigenvalue weighted by atomic mass is 9.97. The third-order valence-electron chi connectivity index (χ3n) is 1.52. The van der Waals surface area contributed by atoms with Crippen LogP contribution < -0.4 is 11.1 Å². The van der Waals surface area contributed by atoms with Gasteiger partial charge in [-0.3, -0.25) is 0 Å². The van der Waals surface area contributed by atoms with Gasteiger partial charge in [0, 0.05) is 12.8 Å². The van der Waals surface area contributed by atoms with E-state index in [1.807, 2.05) is 0 Å². The van der Waals surface area contributed by atoms with Crippen LogP contribution in [0.25, 0.3) is 0 Å². The summed E-state index contributed by atoms with van der Waals surface area (Å²) in [4.78, 5) is 0. The molecule has 0 aromatic rings. The molecular formula is C9H16F3N3. The zero-order chi connectivity index (χ0) is 12.3. The topological polar surface area (TPSA) is 61.9 Å². The highest BCUT2D eigenvalue weighted by molar-refractivity contribution is 5.75. The molecule has 0 unspecified atom stereocenters. The Morgan fingerprint density at radius 3 is 2.07 bits per heavy atom. The fraction of sp³-hybridized carbons (Fsp3) is 0.667. The molecule has 0 atom stereocenters. The molecule has 0 heterocycles. The van der Waals surface area contributed by atoms with Crippen molar-refractivity contribution in [2.75, 3.05) is 6.54 Å². The second-order valence-electron chi connectivity index (χ2n) is 4.39. The number of nitrogens with two attached hydrogens (primary N) is 1. The third kappa shape index (κ3) is 5.29. The summed E-state index contributed by atoms with van der Waals surface area (Å²) in [5, 5.41) is 8.93. The first kappa shape index (κ1) is 13.8. The van der Waals surface area contributed by atoms with E-state index in [9.17, 15) is 13.2 Å². The van der Waals surface area contributed by atoms with Crippen LogP contribution in [0.3, 0.4) is 0 Å². The molecule has 0 aliphatic heterocycles. The number of halogens is 3. The van der Waals surface area contributed by atoms with Gasteiger partial charge in [0.25, 0.3) is 0 Å². The molecule has 0 aliphatic rings. The quantitative estimate of drug-likeness (QED) is 0.641. The van der Waals surface area contributed by atoms with E-state index in [-0.39, 0.29) is 12.0 Å². The number of hydrogen-bond acceptors (Lipinski definition) is 3. The lowest BCUT2D eigenvalue weighted by Crippen LogP contribution is -2.35. The first-order valence-corrected chi connectivity index (χ1v) is 4.39. The first-order valence-electron chi connectivity index (χ1n) is 4.39. The predicted molar refractivity (Wildman–Crippen MR) is 53.5 cm³/mol. The van der Waals surface area contributed by atoms with Crippen LogP contribution in [0, 0.1) is 10.8 Å². The summed E-state index contributed by atoms with van der Waals surface area (Å²) in [6.45, 7) is 5.54. The van der Waals surface area contributed by atoms with E-state index < -0.39 is 17.6 Å². The van der Waals surface area contributed by atoms with Crippen LogP contribution in [-0.4, -0.2) is 18.9 Å². The van der Waals surface area contributed by atoms with Crippen molar-refractivity contribution in [3.8, 4) is 0 Å². The molecule has 6 heteroatoms. The fourth-order valence-corrected chi connectivity index (χ4v) is 0.792. The maximum Gasteiger partial charge on any atom is 0.432 e. The molecular weight excluding hydrogens is 207 g/mol. The van der Waals surface area contributed by atoms with Gasteiger partial charge in [-0.2, -0.15) is 13.2 Å². The largest absolute Gasteiger partial charge is 0.432 e. The van der Waals surface area contributed by atoms with Crippen LogP contribution in [0.2, 0.25) is 0 Å². The molecule has 0 spiro atoms. The Morgan fingerprint density at radius 2 is 1.80 bits per heavy atom. The maximum atomic E-state index is 12.4. The van der Waals surface area contributed by atoms with Crippen molar-refractivity contribution in [2.45, 2.75) is 26.9 Å². The Kier molecular flexibility index (Phi) is 4.18. The molecule has 0 rings (SSSR count). The van der Waals surface area contributed by atoms with E-state index in [0.29, 0.717) is 6.21 Å². The lowest BCUT2D eigenvalue weighted by molar-refractivity contribution is -0.0978. The first-order chi connectivity index (χ1) is 6.58. The minimum atomic E-state index is -4.55. The molecule has 0 aliphatic carbocycles. The summed E-state index contributed by atoms with van der Waals surface area (Å²) in [6.07, 6.45) is -4.06. The lowest BCUT2D eigenvalue weighted by Gasteiger charge is -2.22. The van der Waals surface area contributed by atoms with Crippen LogP contribution >= 0.6 is 0 Å². The SMILES string of the molecule is CC(C)(C)CN/C(=C(/N)C=N)C(F)(F)F. The van der Waals surface area contributed by atoms with Gasteiger partial charge in [-0.1, -0.05) is 20.8 Å². The minimum Gasteiger partial charge on any atom is -0.396 e. The van der Waals surface area contributed by atoms with E-state index >= 15 is 0 Å². The van der Waals surface area contributed by atoms with Crippen LogP contribution in [0.5, 0.6) is 0 Å². The molecule has 0 saturated heterocycles. The van der Waals surface area contributed by atoms with Gasteiger partial charge in [-0.15, -0.1) is 0 Å². The van der Waals surface area contributed by atoms with Crippen molar-refractivity contribution < 1.29 is 13.2 Å². The second-order valence-corrected chi connectivity index (χ2v) is 4.39. The molecule has 0 aromatic heterocycles. The molecule has 15 heavy (non-hydrogen) atoms. The van der Waals surface area contributed by atoms with E-state index in [1.54, 1.807) is 20.8 Å². The molecule has 0 aromatic carbocycles. The third-order valence-corrected chi connectivity index (χ3v) is 1.52. The standard InChI is InChI=1S/C9H16F3N3/c1-8(2,3)5-15-7(6(14)4-13)9(10,11)12/h4,13,15H,5,14H2,1-3H3/b7-6+,13-4?. The van der Waals surface area contributed by atoms with E-state index in [1.165, 1.54) is 0 Å². The van der Waals surface area contributed by atoms with Gasteiger partial charge < -0.3 is 16.5 Å². The van der Waals surface area contributed by atoms with Crippen LogP contribution in [-0.2, 0) is 0 Å². The Morgan fingerprint density at radius 1 is 1.33 bits per heavy atom. The number of alkyl halides is 3. The second kappa shape index (κ2) is 4.55. The molecule has 3 nitrogen and oxygen atoms in total. The molecule has 4 N–H and O–H groups in total. The molecule has 0 bridgehead atoms. The predicted octanol–water partition coefficient (Wildman–Crippen LogP) is 2.00. The normalized spacial score (nSPS) is 14.5. The van der Waals surface area contributed by atoms with Gasteiger partial charge in [0.05, 0.1) is 5.70 Å². The van der Waals surface area contributed by atoms with Gasteiger partial charge in [-0.05, 0) is 5.41 Å². The highest BCUT2D eigenvalue weighted by Crippen LogP contribution is 2.25. The molecule has 0 amide bonds. The van der Waals surface area contributed by atoms with Crippen molar-refractivity contribution in [2.24, 2.45) is 11.1 Å². The van der Waals surface area contributed by atoms with Crippen molar-refractivity contribution in [3.05, 3.63) is 11.4 Å². The van der Waals surface area contributed by atoms with Gasteiger partial charge in [0.15, 0.2) is 0 Å². The summed E-state index contributed by atoms with van der Waals surface area (Å²) in [5.74, 6) is 0. The van der Waals surface area contributed by atoms with Crippen molar-refractivity contribution in [3.63, 3.8) is 0 Å². The summed E-state index contributed by atoms with van der Waals surface area (Å²) in [5.41, 5.74) is 3.14. The smallest absolute Gasteiger partial charge is 0.396 e. The maximum absolute atomic E-state index is 12.4. The highest BCUT2D eigenvalue weighted by atomic mass is 19.4. The van der Waals surface area contributed by atoms with Crippen molar-refractivity contribution >= 4 is 6.21 Å². The van der Waals surface area contributed by atoms with Gasteiger partial charge in [0.1, 0.15) is 5.70 Å². The van der Waals surface area contributed by atoms with E-state index in [2.05, 4.69) is 5.32 Å². The van der Waals surface area contributed by atoms with Crippen LogP contribution in [0.15, 0.2) is 11.4 Å². The number of hydrogen-bond donors (Lipinski definition) is 3. The Bertz CT molecular complexity index is 261. The minimum absolute atomic E-state index is 0.135. The Hall–Kier alpha value is -1.20. The number of nitrogens with one attached hydrogen (secondary N) is 2. The molecule has 0 saturated carbocycles. The average molecular weight is 223 g/mol. The van der Waals surface area contributed by atoms with E-state index in [4.69, 9.17) is 11.1 Å². The van der Waals surface area contributed by atoms with Gasteiger partial charge >= 0.3 is 6.18 Å². The zero-order valence-electron chi connectivity index (χ0n) is 9.00. The zero-order valence-corrected chi connectivity index (χ0v) is 9.00. The molecule has 88 valence electrons. The van der Waals surface area contributed by atoms with Crippen LogP contribution in [0.4, 0.5) is 13.2 Å². The summed E-state index contributed by atoms with van der Waals surface area (Å²) in [7, 11) is 0. The van der Waals surface area contributed by atoms with Gasteiger partial charge in [0.2, 0.25) is 0 Å². The molecule has 0 fully saturated rings. The Balaban J connectivity index is 4.79. The summed E-state index contributed by atoms with van der Waals surface area (Å²) < 4.78 is 37.3. The number of rotatable bonds is 3. The molecule has 0 radical (unpaired) electrons. The summed E-state index contributed by atoms with van der Waals surface area (Å²) >= 11 is 0. The van der Waals surface area contributed by atoms with Crippen molar-refractivity contribution in [1.29, 1.82) is 5.41 Å². The van der Waals surface area contributed by atoms with Crippen molar-refractivity contribution in [1.82, 2.24) is 5.32 Å².